The number of nitrogens with two attached hydrogens (primary N) is 1. The maximum atomic E-state index is 8.98. The van der Waals surface area contributed by atoms with Gasteiger partial charge in [0.05, 0.1) is 18.5 Å². The van der Waals surface area contributed by atoms with Crippen molar-refractivity contribution in [3.05, 3.63) is 53.6 Å². The van der Waals surface area contributed by atoms with Crippen LogP contribution in [0.3, 0.4) is 0 Å². The van der Waals surface area contributed by atoms with E-state index in [1.165, 1.54) is 0 Å². The van der Waals surface area contributed by atoms with Crippen molar-refractivity contribution >= 4 is 17.2 Å². The Hall–Kier alpha value is -2.69. The molecule has 2 rings (SSSR count). The monoisotopic (exact) mass is 285 g/mol. The van der Waals surface area contributed by atoms with Crippen LogP contribution >= 0.6 is 0 Å². The molecule has 0 bridgehead atoms. The second-order valence-electron chi connectivity index (χ2n) is 4.74. The number of benzene rings is 2. The third-order valence-electron chi connectivity index (χ3n) is 3.34. The highest BCUT2D eigenvalue weighted by Gasteiger charge is 2.15. The molecule has 0 saturated heterocycles. The summed E-state index contributed by atoms with van der Waals surface area (Å²) in [5.74, 6) is 0.835. The second-order valence-corrected chi connectivity index (χ2v) is 4.74. The topological polar surface area (TPSA) is 71.1 Å². The van der Waals surface area contributed by atoms with Crippen LogP contribution in [0.25, 0.3) is 0 Å². The molecule has 0 amide bonds. The van der Waals surface area contributed by atoms with E-state index in [0.717, 1.165) is 22.7 Å². The molecule has 0 aliphatic heterocycles. The van der Waals surface area contributed by atoms with Gasteiger partial charge in [0.2, 0.25) is 0 Å². The minimum Gasteiger partial charge on any atom is -0.495 e. The Morgan fingerprint density at radius 3 is 2.57 bits per heavy atom. The lowest BCUT2D eigenvalue weighted by Crippen LogP contribution is -2.20. The molecule has 0 radical (unpaired) electrons. The molecule has 3 N–H and O–H groups in total. The van der Waals surface area contributed by atoms with Gasteiger partial charge in [0.15, 0.2) is 5.84 Å². The summed E-state index contributed by atoms with van der Waals surface area (Å²) in [7, 11) is 3.54. The molecule has 2 aromatic rings. The molecule has 21 heavy (non-hydrogen) atoms. The molecular weight excluding hydrogens is 266 g/mol. The molecule has 0 unspecified atom stereocenters. The summed E-state index contributed by atoms with van der Waals surface area (Å²) < 4.78 is 5.39. The van der Waals surface area contributed by atoms with Gasteiger partial charge in [0.1, 0.15) is 5.75 Å². The third kappa shape index (κ3) is 2.91. The van der Waals surface area contributed by atoms with Crippen molar-refractivity contribution in [1.82, 2.24) is 0 Å². The van der Waals surface area contributed by atoms with E-state index in [9.17, 15) is 0 Å². The molecular formula is C16H19N3O2. The number of methoxy groups -OCH3 is 1. The second kappa shape index (κ2) is 6.17. The lowest BCUT2D eigenvalue weighted by Gasteiger charge is -2.24. The molecule has 0 spiro atoms. The molecule has 0 atom stereocenters. The molecule has 0 fully saturated rings. The third-order valence-corrected chi connectivity index (χ3v) is 3.34. The zero-order valence-electron chi connectivity index (χ0n) is 12.4. The Morgan fingerprint density at radius 1 is 1.19 bits per heavy atom. The van der Waals surface area contributed by atoms with E-state index in [1.54, 1.807) is 7.11 Å². The Balaban J connectivity index is 2.55. The van der Waals surface area contributed by atoms with Gasteiger partial charge in [-0.1, -0.05) is 28.9 Å². The van der Waals surface area contributed by atoms with E-state index in [1.807, 2.05) is 61.3 Å². The predicted molar refractivity (Wildman–Crippen MR) is 84.7 cm³/mol. The lowest BCUT2D eigenvalue weighted by molar-refractivity contribution is 0.318. The highest BCUT2D eigenvalue weighted by molar-refractivity contribution is 6.03. The van der Waals surface area contributed by atoms with Crippen LogP contribution in [0.4, 0.5) is 11.4 Å². The highest BCUT2D eigenvalue weighted by atomic mass is 16.5. The number of hydrogen-bond donors (Lipinski definition) is 2. The molecule has 5 nitrogen and oxygen atoms in total. The first-order valence-corrected chi connectivity index (χ1v) is 6.53. The van der Waals surface area contributed by atoms with Gasteiger partial charge in [-0.05, 0) is 31.2 Å². The fraction of sp³-hybridized carbons (Fsp3) is 0.188. The lowest BCUT2D eigenvalue weighted by atomic mass is 10.1. The van der Waals surface area contributed by atoms with E-state index >= 15 is 0 Å². The van der Waals surface area contributed by atoms with E-state index in [2.05, 4.69) is 5.16 Å². The maximum Gasteiger partial charge on any atom is 0.172 e. The maximum absolute atomic E-state index is 8.98. The van der Waals surface area contributed by atoms with E-state index < -0.39 is 0 Å². The summed E-state index contributed by atoms with van der Waals surface area (Å²) in [5.41, 5.74) is 9.23. The molecule has 0 aliphatic carbocycles. The summed E-state index contributed by atoms with van der Waals surface area (Å²) >= 11 is 0. The number of ether oxygens (including phenoxy) is 1. The van der Waals surface area contributed by atoms with Crippen LogP contribution in [-0.4, -0.2) is 25.2 Å². The minimum absolute atomic E-state index is 0.0791. The number of nitrogens with zero attached hydrogens (tertiary/aromatic N) is 2. The molecule has 2 aromatic carbocycles. The molecule has 5 heteroatoms. The number of hydrogen-bond acceptors (Lipinski definition) is 4. The van der Waals surface area contributed by atoms with Gasteiger partial charge in [-0.25, -0.2) is 0 Å². The number of aryl methyl sites for hydroxylation is 1. The minimum atomic E-state index is 0.0791. The van der Waals surface area contributed by atoms with Crippen molar-refractivity contribution < 1.29 is 9.94 Å². The first kappa shape index (κ1) is 14.7. The van der Waals surface area contributed by atoms with Crippen molar-refractivity contribution in [1.29, 1.82) is 0 Å². The van der Waals surface area contributed by atoms with Gasteiger partial charge in [0, 0.05) is 12.6 Å². The summed E-state index contributed by atoms with van der Waals surface area (Å²) in [6.45, 7) is 1.96. The van der Waals surface area contributed by atoms with E-state index in [0.29, 0.717) is 5.56 Å². The Bertz CT molecular complexity index is 668. The van der Waals surface area contributed by atoms with Crippen LogP contribution < -0.4 is 15.4 Å². The summed E-state index contributed by atoms with van der Waals surface area (Å²) in [6, 6.07) is 13.5. The Kier molecular flexibility index (Phi) is 4.33. The zero-order valence-corrected chi connectivity index (χ0v) is 12.4. The highest BCUT2D eigenvalue weighted by Crippen LogP contribution is 2.34. The van der Waals surface area contributed by atoms with Gasteiger partial charge in [-0.3, -0.25) is 0 Å². The quantitative estimate of drug-likeness (QED) is 0.392. The van der Waals surface area contributed by atoms with Crippen molar-refractivity contribution in [3.63, 3.8) is 0 Å². The van der Waals surface area contributed by atoms with Gasteiger partial charge in [0.25, 0.3) is 0 Å². The first-order chi connectivity index (χ1) is 10.1. The summed E-state index contributed by atoms with van der Waals surface area (Å²) in [4.78, 5) is 1.95. The predicted octanol–water partition coefficient (Wildman–Crippen LogP) is 2.87. The Morgan fingerprint density at radius 2 is 1.90 bits per heavy atom. The van der Waals surface area contributed by atoms with Crippen LogP contribution in [-0.2, 0) is 0 Å². The summed E-state index contributed by atoms with van der Waals surface area (Å²) in [6.07, 6.45) is 0. The van der Waals surface area contributed by atoms with Crippen molar-refractivity contribution in [2.45, 2.75) is 6.92 Å². The van der Waals surface area contributed by atoms with Crippen LogP contribution in [0.1, 0.15) is 11.1 Å². The molecule has 0 aliphatic rings. The number of rotatable bonds is 4. The van der Waals surface area contributed by atoms with Crippen molar-refractivity contribution in [3.8, 4) is 5.75 Å². The fourth-order valence-electron chi connectivity index (χ4n) is 2.24. The van der Waals surface area contributed by atoms with Crippen LogP contribution in [0, 0.1) is 6.92 Å². The van der Waals surface area contributed by atoms with Gasteiger partial charge in [-0.15, -0.1) is 0 Å². The fourth-order valence-corrected chi connectivity index (χ4v) is 2.24. The number of anilines is 2. The van der Waals surface area contributed by atoms with Crippen molar-refractivity contribution in [2.75, 3.05) is 19.1 Å². The number of amidine groups is 1. The number of para-hydroxylation sites is 2. The van der Waals surface area contributed by atoms with Crippen LogP contribution in [0.15, 0.2) is 47.6 Å². The molecule has 110 valence electrons. The smallest absolute Gasteiger partial charge is 0.172 e. The average Bonchev–Trinajstić information content (AvgIpc) is 2.53. The average molecular weight is 285 g/mol. The molecule has 0 saturated carbocycles. The Labute approximate surface area is 124 Å². The number of oxime groups is 1. The molecule has 0 aromatic heterocycles. The van der Waals surface area contributed by atoms with E-state index in [-0.39, 0.29) is 5.84 Å². The SMILES string of the molecule is COc1ccccc1N(C)c1ccc(C)cc1/C(N)=N/O. The van der Waals surface area contributed by atoms with Gasteiger partial charge >= 0.3 is 0 Å². The first-order valence-electron chi connectivity index (χ1n) is 6.53. The van der Waals surface area contributed by atoms with Crippen LogP contribution in [0.5, 0.6) is 5.75 Å². The normalized spacial score (nSPS) is 11.3. The zero-order chi connectivity index (χ0) is 15.4. The van der Waals surface area contributed by atoms with Crippen LogP contribution in [0.2, 0.25) is 0 Å². The largest absolute Gasteiger partial charge is 0.495 e. The van der Waals surface area contributed by atoms with Crippen molar-refractivity contribution in [2.24, 2.45) is 10.9 Å². The standard InChI is InChI=1S/C16H19N3O2/c1-11-8-9-13(12(10-11)16(17)18-20)19(2)14-6-4-5-7-15(14)21-3/h4-10,20H,1-3H3,(H2,17,18). The molecule has 0 heterocycles. The van der Waals surface area contributed by atoms with E-state index in [4.69, 9.17) is 15.7 Å². The van der Waals surface area contributed by atoms with Gasteiger partial charge in [-0.2, -0.15) is 0 Å². The van der Waals surface area contributed by atoms with Gasteiger partial charge < -0.3 is 20.6 Å². The summed E-state index contributed by atoms with van der Waals surface area (Å²) in [5, 5.41) is 12.1.